The topological polar surface area (TPSA) is 110 Å². The number of carbonyl (C=O) groups is 1. The van der Waals surface area contributed by atoms with Crippen molar-refractivity contribution in [3.8, 4) is 5.75 Å². The number of thiazole rings is 1. The van der Waals surface area contributed by atoms with Crippen LogP contribution in [0.15, 0.2) is 29.8 Å². The maximum absolute atomic E-state index is 12.9. The van der Waals surface area contributed by atoms with Crippen molar-refractivity contribution in [3.63, 3.8) is 0 Å². The van der Waals surface area contributed by atoms with E-state index >= 15 is 0 Å². The van der Waals surface area contributed by atoms with E-state index in [0.717, 1.165) is 27.6 Å². The molecule has 10 heteroatoms. The number of aromatic nitrogens is 3. The molecule has 2 amide bonds. The lowest BCUT2D eigenvalue weighted by Gasteiger charge is -2.43. The van der Waals surface area contributed by atoms with Gasteiger partial charge in [-0.25, -0.2) is 14.8 Å². The molecule has 1 saturated heterocycles. The van der Waals surface area contributed by atoms with Crippen molar-refractivity contribution >= 4 is 45.2 Å². The third-order valence-corrected chi connectivity index (χ3v) is 6.00. The number of carbonyl (C=O) groups excluding carboxylic acids is 1. The average molecular weight is 428 g/mol. The highest BCUT2D eigenvalue weighted by Gasteiger charge is 2.34. The Morgan fingerprint density at radius 3 is 2.73 bits per heavy atom. The van der Waals surface area contributed by atoms with Gasteiger partial charge in [0.2, 0.25) is 5.95 Å². The van der Waals surface area contributed by atoms with Crippen LogP contribution in [0, 0.1) is 5.92 Å². The van der Waals surface area contributed by atoms with Crippen molar-refractivity contribution < 1.29 is 9.53 Å². The van der Waals surface area contributed by atoms with E-state index < -0.39 is 0 Å². The Bertz CT molecular complexity index is 1040. The summed E-state index contributed by atoms with van der Waals surface area (Å²) in [4.78, 5) is 30.9. The number of nitrogen functional groups attached to an aromatic ring is 1. The van der Waals surface area contributed by atoms with Crippen LogP contribution in [0.25, 0.3) is 10.3 Å². The van der Waals surface area contributed by atoms with Crippen molar-refractivity contribution in [1.82, 2.24) is 19.9 Å². The number of nitrogens with zero attached hydrogens (tertiary/aromatic N) is 5. The molecule has 1 fully saturated rings. The summed E-state index contributed by atoms with van der Waals surface area (Å²) >= 11 is 1.45. The minimum Gasteiger partial charge on any atom is -0.497 e. The predicted octanol–water partition coefficient (Wildman–Crippen LogP) is 3.06. The molecule has 1 aliphatic rings. The fraction of sp³-hybridized carbons (Fsp3) is 0.400. The number of ether oxygens (including phenoxy) is 1. The third-order valence-electron chi connectivity index (χ3n) is 5.29. The molecule has 0 spiro atoms. The van der Waals surface area contributed by atoms with Crippen LogP contribution in [-0.4, -0.2) is 58.7 Å². The fourth-order valence-electron chi connectivity index (χ4n) is 3.67. The van der Waals surface area contributed by atoms with E-state index in [1.165, 1.54) is 11.3 Å². The molecular formula is C20H25N7O2S. The number of methoxy groups -OCH3 is 1. The lowest BCUT2D eigenvalue weighted by atomic mass is 9.99. The van der Waals surface area contributed by atoms with Gasteiger partial charge in [0.1, 0.15) is 11.3 Å². The van der Waals surface area contributed by atoms with Gasteiger partial charge in [-0.15, -0.1) is 11.3 Å². The molecule has 4 rings (SSSR count). The highest BCUT2D eigenvalue weighted by atomic mass is 32.1. The molecule has 0 unspecified atom stereocenters. The zero-order chi connectivity index (χ0) is 21.3. The molecule has 3 N–H and O–H groups in total. The van der Waals surface area contributed by atoms with E-state index in [1.807, 2.05) is 29.2 Å². The molecule has 3 heterocycles. The van der Waals surface area contributed by atoms with Crippen LogP contribution in [0.5, 0.6) is 5.75 Å². The summed E-state index contributed by atoms with van der Waals surface area (Å²) in [6.45, 7) is 6.08. The van der Waals surface area contributed by atoms with Crippen molar-refractivity contribution in [2.45, 2.75) is 19.9 Å². The quantitative estimate of drug-likeness (QED) is 0.658. The number of rotatable bonds is 4. The molecule has 3 aromatic rings. The van der Waals surface area contributed by atoms with Crippen LogP contribution < -0.4 is 20.7 Å². The van der Waals surface area contributed by atoms with Crippen LogP contribution in [0.2, 0.25) is 0 Å². The number of piperazine rings is 1. The highest BCUT2D eigenvalue weighted by molar-refractivity contribution is 7.16. The number of nitrogens with two attached hydrogens (primary N) is 1. The Kier molecular flexibility index (Phi) is 5.58. The van der Waals surface area contributed by atoms with Gasteiger partial charge >= 0.3 is 6.03 Å². The summed E-state index contributed by atoms with van der Waals surface area (Å²) < 4.78 is 5.17. The van der Waals surface area contributed by atoms with Gasteiger partial charge in [0, 0.05) is 25.3 Å². The second-order valence-electron chi connectivity index (χ2n) is 7.52. The number of fused-ring (bicyclic) bond motifs is 1. The molecular weight excluding hydrogens is 402 g/mol. The lowest BCUT2D eigenvalue weighted by molar-refractivity contribution is 0.189. The standard InChI is InChI=1S/C20H25N7O2S/c1-12(2)15-10-26(20(28)23-13-4-6-14(29-3)7-5-13)8-9-27(15)17-16-18(30-11-22-16)25-19(21)24-17/h4-7,11-12,15H,8-10H2,1-3H3,(H,23,28)(H2,21,24,25)/t15-/m1/s1. The van der Waals surface area contributed by atoms with Crippen molar-refractivity contribution in [3.05, 3.63) is 29.8 Å². The lowest BCUT2D eigenvalue weighted by Crippen LogP contribution is -2.58. The van der Waals surface area contributed by atoms with E-state index in [-0.39, 0.29) is 18.0 Å². The summed E-state index contributed by atoms with van der Waals surface area (Å²) in [6.07, 6.45) is 0. The Labute approximate surface area is 178 Å². The monoisotopic (exact) mass is 427 g/mol. The smallest absolute Gasteiger partial charge is 0.321 e. The second-order valence-corrected chi connectivity index (χ2v) is 8.35. The molecule has 1 atom stereocenters. The normalized spacial score (nSPS) is 16.9. The second kappa shape index (κ2) is 8.31. The predicted molar refractivity (Wildman–Crippen MR) is 119 cm³/mol. The van der Waals surface area contributed by atoms with E-state index in [9.17, 15) is 4.79 Å². The van der Waals surface area contributed by atoms with Gasteiger partial charge in [-0.2, -0.15) is 4.98 Å². The van der Waals surface area contributed by atoms with Crippen molar-refractivity contribution in [2.75, 3.05) is 42.7 Å². The van der Waals surface area contributed by atoms with E-state index in [1.54, 1.807) is 12.6 Å². The van der Waals surface area contributed by atoms with Crippen LogP contribution in [0.4, 0.5) is 22.2 Å². The molecule has 30 heavy (non-hydrogen) atoms. The number of nitrogens with one attached hydrogen (secondary N) is 1. The molecule has 0 radical (unpaired) electrons. The first-order valence-electron chi connectivity index (χ1n) is 9.79. The number of amides is 2. The summed E-state index contributed by atoms with van der Waals surface area (Å²) in [6, 6.07) is 7.27. The van der Waals surface area contributed by atoms with E-state index in [0.29, 0.717) is 25.6 Å². The molecule has 1 aliphatic heterocycles. The van der Waals surface area contributed by atoms with Crippen molar-refractivity contribution in [1.29, 1.82) is 0 Å². The van der Waals surface area contributed by atoms with Gasteiger partial charge in [0.25, 0.3) is 0 Å². The Morgan fingerprint density at radius 2 is 2.03 bits per heavy atom. The summed E-state index contributed by atoms with van der Waals surface area (Å²) in [5, 5.41) is 2.97. The Balaban J connectivity index is 1.52. The Hall–Kier alpha value is -3.14. The van der Waals surface area contributed by atoms with Gasteiger partial charge in [-0.1, -0.05) is 13.8 Å². The average Bonchev–Trinajstić information content (AvgIpc) is 3.21. The molecule has 0 saturated carbocycles. The van der Waals surface area contributed by atoms with E-state index in [4.69, 9.17) is 10.5 Å². The molecule has 158 valence electrons. The Morgan fingerprint density at radius 1 is 1.27 bits per heavy atom. The van der Waals surface area contributed by atoms with Crippen molar-refractivity contribution in [2.24, 2.45) is 5.92 Å². The first-order chi connectivity index (χ1) is 14.5. The zero-order valence-corrected chi connectivity index (χ0v) is 18.0. The van der Waals surface area contributed by atoms with Crippen LogP contribution in [0.1, 0.15) is 13.8 Å². The number of benzene rings is 1. The maximum atomic E-state index is 12.9. The minimum atomic E-state index is -0.119. The summed E-state index contributed by atoms with van der Waals surface area (Å²) in [5.74, 6) is 2.03. The van der Waals surface area contributed by atoms with Gasteiger partial charge < -0.3 is 25.6 Å². The first-order valence-corrected chi connectivity index (χ1v) is 10.7. The molecule has 0 aliphatic carbocycles. The van der Waals surface area contributed by atoms with Crippen LogP contribution in [0.3, 0.4) is 0 Å². The molecule has 1 aromatic carbocycles. The highest BCUT2D eigenvalue weighted by Crippen LogP contribution is 2.31. The van der Waals surface area contributed by atoms with Crippen LogP contribution in [-0.2, 0) is 0 Å². The molecule has 0 bridgehead atoms. The maximum Gasteiger partial charge on any atom is 0.321 e. The minimum absolute atomic E-state index is 0.0829. The number of anilines is 3. The van der Waals surface area contributed by atoms with Gasteiger partial charge in [-0.05, 0) is 30.2 Å². The van der Waals surface area contributed by atoms with Gasteiger partial charge in [0.05, 0.1) is 18.7 Å². The first kappa shape index (κ1) is 20.1. The SMILES string of the molecule is COc1ccc(NC(=O)N2CCN(c3nc(N)nc4scnc34)[C@@H](C(C)C)C2)cc1. The number of urea groups is 1. The fourth-order valence-corrected chi connectivity index (χ4v) is 4.33. The number of hydrogen-bond donors (Lipinski definition) is 2. The van der Waals surface area contributed by atoms with E-state index in [2.05, 4.69) is 39.0 Å². The zero-order valence-electron chi connectivity index (χ0n) is 17.2. The largest absolute Gasteiger partial charge is 0.497 e. The van der Waals surface area contributed by atoms with Crippen LogP contribution >= 0.6 is 11.3 Å². The molecule has 2 aromatic heterocycles. The third kappa shape index (κ3) is 3.95. The number of hydrogen-bond acceptors (Lipinski definition) is 8. The van der Waals surface area contributed by atoms with Gasteiger partial charge in [0.15, 0.2) is 10.6 Å². The molecule has 9 nitrogen and oxygen atoms in total. The summed E-state index contributed by atoms with van der Waals surface area (Å²) in [5.41, 5.74) is 9.19. The summed E-state index contributed by atoms with van der Waals surface area (Å²) in [7, 11) is 1.61. The van der Waals surface area contributed by atoms with Gasteiger partial charge in [-0.3, -0.25) is 0 Å².